The van der Waals surface area contributed by atoms with Gasteiger partial charge in [0, 0.05) is 19.8 Å². The van der Waals surface area contributed by atoms with E-state index in [1.807, 2.05) is 6.07 Å². The summed E-state index contributed by atoms with van der Waals surface area (Å²) in [5, 5.41) is 22.5. The van der Waals surface area contributed by atoms with Crippen LogP contribution in [0.3, 0.4) is 0 Å². The zero-order valence-electron chi connectivity index (χ0n) is 14.5. The molecule has 0 spiro atoms. The Labute approximate surface area is 151 Å². The zero-order chi connectivity index (χ0) is 19.5. The molecule has 0 bridgehead atoms. The summed E-state index contributed by atoms with van der Waals surface area (Å²) in [6.07, 6.45) is 1.36. The van der Waals surface area contributed by atoms with Crippen LogP contribution in [0.4, 0.5) is 4.39 Å². The van der Waals surface area contributed by atoms with E-state index in [0.717, 1.165) is 0 Å². The summed E-state index contributed by atoms with van der Waals surface area (Å²) in [6.45, 7) is 1.22. The molecule has 2 amide bonds. The number of halogens is 1. The summed E-state index contributed by atoms with van der Waals surface area (Å²) >= 11 is 0. The molecule has 0 unspecified atom stereocenters. The molecule has 0 saturated heterocycles. The summed E-state index contributed by atoms with van der Waals surface area (Å²) in [4.78, 5) is 35.1. The van der Waals surface area contributed by atoms with Crippen molar-refractivity contribution in [2.45, 2.75) is 51.1 Å². The van der Waals surface area contributed by atoms with E-state index in [0.29, 0.717) is 19.3 Å². The maximum Gasteiger partial charge on any atom is 0.326 e. The summed E-state index contributed by atoms with van der Waals surface area (Å²) in [5.41, 5.74) is 0.238. The number of carbonyl (C=O) groups is 3. The van der Waals surface area contributed by atoms with E-state index in [-0.39, 0.29) is 18.4 Å². The lowest BCUT2D eigenvalue weighted by atomic mass is 10.0. The van der Waals surface area contributed by atoms with E-state index in [9.17, 15) is 23.9 Å². The van der Waals surface area contributed by atoms with Crippen LogP contribution in [0.2, 0.25) is 0 Å². The predicted molar refractivity (Wildman–Crippen MR) is 91.4 cm³/mol. The number of rotatable bonds is 10. The van der Waals surface area contributed by atoms with Gasteiger partial charge in [-0.2, -0.15) is 5.26 Å². The zero-order valence-corrected chi connectivity index (χ0v) is 14.5. The fourth-order valence-corrected chi connectivity index (χ4v) is 2.42. The highest BCUT2D eigenvalue weighted by Crippen LogP contribution is 2.10. The van der Waals surface area contributed by atoms with E-state index in [1.165, 1.54) is 25.1 Å². The molecule has 0 radical (unpaired) electrons. The number of nitrogens with one attached hydrogen (secondary N) is 2. The number of carboxylic acid groups (broad SMARTS) is 1. The Bertz CT molecular complexity index is 687. The molecule has 3 N–H and O–H groups in total. The number of aliphatic carboxylic acids is 1. The standard InChI is InChI=1S/C18H22FN3O4/c1-12(23)21-16(11-13-7-4-5-8-14(13)19)17(24)22-15(18(25)26)9-3-2-6-10-20/h4-5,7-8,15-16H,2-3,6,9,11H2,1H3,(H,21,23)(H,22,24)(H,25,26)/t15-,16+/m1/s1. The highest BCUT2D eigenvalue weighted by molar-refractivity contribution is 5.90. The maximum atomic E-state index is 13.8. The number of carbonyl (C=O) groups excluding carboxylic acids is 2. The van der Waals surface area contributed by atoms with E-state index in [4.69, 9.17) is 5.26 Å². The molecule has 0 fully saturated rings. The lowest BCUT2D eigenvalue weighted by Crippen LogP contribution is -2.52. The molecule has 0 heterocycles. The first-order valence-electron chi connectivity index (χ1n) is 8.25. The molecule has 1 aromatic carbocycles. The van der Waals surface area contributed by atoms with Gasteiger partial charge in [-0.3, -0.25) is 9.59 Å². The predicted octanol–water partition coefficient (Wildman–Crippen LogP) is 1.53. The molecule has 1 aromatic rings. The van der Waals surface area contributed by atoms with Gasteiger partial charge in [0.2, 0.25) is 11.8 Å². The van der Waals surface area contributed by atoms with Crippen LogP contribution in [0.5, 0.6) is 0 Å². The Morgan fingerprint density at radius 2 is 1.88 bits per heavy atom. The van der Waals surface area contributed by atoms with Crippen molar-refractivity contribution in [3.8, 4) is 6.07 Å². The first kappa shape index (κ1) is 21.1. The average Bonchev–Trinajstić information content (AvgIpc) is 2.58. The Balaban J connectivity index is 2.80. The van der Waals surface area contributed by atoms with E-state index < -0.39 is 35.7 Å². The van der Waals surface area contributed by atoms with Gasteiger partial charge in [0.1, 0.15) is 17.9 Å². The monoisotopic (exact) mass is 363 g/mol. The first-order chi connectivity index (χ1) is 12.3. The second-order valence-electron chi connectivity index (χ2n) is 5.85. The number of amides is 2. The third kappa shape index (κ3) is 7.30. The van der Waals surface area contributed by atoms with Crippen molar-refractivity contribution in [1.29, 1.82) is 5.26 Å². The van der Waals surface area contributed by atoms with Crippen LogP contribution < -0.4 is 10.6 Å². The Kier molecular flexibility index (Phi) is 8.78. The maximum absolute atomic E-state index is 13.8. The van der Waals surface area contributed by atoms with Gasteiger partial charge >= 0.3 is 5.97 Å². The van der Waals surface area contributed by atoms with Crippen molar-refractivity contribution in [3.63, 3.8) is 0 Å². The molecule has 140 valence electrons. The lowest BCUT2D eigenvalue weighted by molar-refractivity contribution is -0.142. The van der Waals surface area contributed by atoms with Gasteiger partial charge in [0.25, 0.3) is 0 Å². The number of hydrogen-bond donors (Lipinski definition) is 3. The summed E-state index contributed by atoms with van der Waals surface area (Å²) < 4.78 is 13.8. The molecule has 0 saturated carbocycles. The van der Waals surface area contributed by atoms with Crippen LogP contribution in [0.1, 0.15) is 38.2 Å². The molecule has 1 rings (SSSR count). The minimum atomic E-state index is -1.21. The molecule has 0 aliphatic rings. The summed E-state index contributed by atoms with van der Waals surface area (Å²) in [5.74, 6) is -2.90. The third-order valence-corrected chi connectivity index (χ3v) is 3.72. The molecule has 0 aliphatic heterocycles. The fourth-order valence-electron chi connectivity index (χ4n) is 2.42. The quantitative estimate of drug-likeness (QED) is 0.545. The molecule has 7 nitrogen and oxygen atoms in total. The van der Waals surface area contributed by atoms with Crippen LogP contribution in [0.15, 0.2) is 24.3 Å². The number of carboxylic acids is 1. The van der Waals surface area contributed by atoms with Gasteiger partial charge in [-0.15, -0.1) is 0 Å². The van der Waals surface area contributed by atoms with Crippen molar-refractivity contribution < 1.29 is 23.9 Å². The minimum absolute atomic E-state index is 0.0984. The van der Waals surface area contributed by atoms with Crippen molar-refractivity contribution >= 4 is 17.8 Å². The fraction of sp³-hybridized carbons (Fsp3) is 0.444. The van der Waals surface area contributed by atoms with Gasteiger partial charge in [0.15, 0.2) is 0 Å². The number of benzene rings is 1. The first-order valence-corrected chi connectivity index (χ1v) is 8.25. The van der Waals surface area contributed by atoms with E-state index in [2.05, 4.69) is 10.6 Å². The number of hydrogen-bond acceptors (Lipinski definition) is 4. The largest absolute Gasteiger partial charge is 0.480 e. The van der Waals surface area contributed by atoms with Crippen LogP contribution >= 0.6 is 0 Å². The van der Waals surface area contributed by atoms with Crippen molar-refractivity contribution in [1.82, 2.24) is 10.6 Å². The number of nitriles is 1. The van der Waals surface area contributed by atoms with E-state index in [1.54, 1.807) is 6.07 Å². The summed E-state index contributed by atoms with van der Waals surface area (Å²) in [7, 11) is 0. The van der Waals surface area contributed by atoms with Gasteiger partial charge in [-0.25, -0.2) is 9.18 Å². The average molecular weight is 363 g/mol. The highest BCUT2D eigenvalue weighted by atomic mass is 19.1. The molecule has 2 atom stereocenters. The van der Waals surface area contributed by atoms with Gasteiger partial charge < -0.3 is 15.7 Å². The van der Waals surface area contributed by atoms with Gasteiger partial charge in [0.05, 0.1) is 6.07 Å². The highest BCUT2D eigenvalue weighted by Gasteiger charge is 2.26. The Morgan fingerprint density at radius 3 is 2.46 bits per heavy atom. The van der Waals surface area contributed by atoms with Crippen LogP contribution in [-0.4, -0.2) is 35.0 Å². The lowest BCUT2D eigenvalue weighted by Gasteiger charge is -2.21. The topological polar surface area (TPSA) is 119 Å². The second-order valence-corrected chi connectivity index (χ2v) is 5.85. The molecular weight excluding hydrogens is 341 g/mol. The number of nitrogens with zero attached hydrogens (tertiary/aromatic N) is 1. The van der Waals surface area contributed by atoms with Gasteiger partial charge in [-0.1, -0.05) is 18.2 Å². The van der Waals surface area contributed by atoms with Gasteiger partial charge in [-0.05, 0) is 30.9 Å². The van der Waals surface area contributed by atoms with Crippen molar-refractivity contribution in [2.75, 3.05) is 0 Å². The van der Waals surface area contributed by atoms with Crippen LogP contribution in [-0.2, 0) is 20.8 Å². The third-order valence-electron chi connectivity index (χ3n) is 3.72. The van der Waals surface area contributed by atoms with Crippen LogP contribution in [0, 0.1) is 17.1 Å². The molecule has 0 aromatic heterocycles. The molecule has 8 heteroatoms. The smallest absolute Gasteiger partial charge is 0.326 e. The van der Waals surface area contributed by atoms with E-state index >= 15 is 0 Å². The molecule has 26 heavy (non-hydrogen) atoms. The molecular formula is C18H22FN3O4. The SMILES string of the molecule is CC(=O)N[C@@H](Cc1ccccc1F)C(=O)N[C@H](CCCCC#N)C(=O)O. The Morgan fingerprint density at radius 1 is 1.19 bits per heavy atom. The van der Waals surface area contributed by atoms with Crippen molar-refractivity contribution in [2.24, 2.45) is 0 Å². The normalized spacial score (nSPS) is 12.5. The minimum Gasteiger partial charge on any atom is -0.480 e. The number of unbranched alkanes of at least 4 members (excludes halogenated alkanes) is 2. The van der Waals surface area contributed by atoms with Crippen molar-refractivity contribution in [3.05, 3.63) is 35.6 Å². The second kappa shape index (κ2) is 10.8. The summed E-state index contributed by atoms with van der Waals surface area (Å²) in [6, 6.07) is 5.59. The Hall–Kier alpha value is -2.95. The molecule has 0 aliphatic carbocycles. The van der Waals surface area contributed by atoms with Crippen LogP contribution in [0.25, 0.3) is 0 Å².